The summed E-state index contributed by atoms with van der Waals surface area (Å²) in [5.41, 5.74) is 0. The van der Waals surface area contributed by atoms with Gasteiger partial charge in [0.2, 0.25) is 0 Å². The van der Waals surface area contributed by atoms with Gasteiger partial charge in [0.15, 0.2) is 0 Å². The lowest BCUT2D eigenvalue weighted by Crippen LogP contribution is -2.43. The molecule has 4 heteroatoms. The molecule has 0 aromatic heterocycles. The van der Waals surface area contributed by atoms with E-state index >= 15 is 0 Å². The third kappa shape index (κ3) is 3.75. The van der Waals surface area contributed by atoms with Gasteiger partial charge in [-0.25, -0.2) is 0 Å². The van der Waals surface area contributed by atoms with E-state index in [0.29, 0.717) is 6.04 Å². The summed E-state index contributed by atoms with van der Waals surface area (Å²) in [5, 5.41) is 12.4. The van der Waals surface area contributed by atoms with Gasteiger partial charge in [-0.3, -0.25) is 4.21 Å². The molecule has 1 aliphatic rings. The molecule has 78 valence electrons. The smallest absolute Gasteiger partial charge is 0.0584 e. The summed E-state index contributed by atoms with van der Waals surface area (Å²) in [7, 11) is -0.582. The van der Waals surface area contributed by atoms with Crippen molar-refractivity contribution in [3.8, 4) is 0 Å². The molecular weight excluding hydrogens is 186 g/mol. The third-order valence-electron chi connectivity index (χ3n) is 2.57. The van der Waals surface area contributed by atoms with Crippen molar-refractivity contribution in [1.82, 2.24) is 5.32 Å². The van der Waals surface area contributed by atoms with Crippen LogP contribution in [0.2, 0.25) is 0 Å². The average Bonchev–Trinajstić information content (AvgIpc) is 2.17. The van der Waals surface area contributed by atoms with Gasteiger partial charge in [-0.05, 0) is 19.3 Å². The molecule has 0 spiro atoms. The number of hydrogen-bond donors (Lipinski definition) is 2. The summed E-state index contributed by atoms with van der Waals surface area (Å²) in [5.74, 6) is 1.64. The van der Waals surface area contributed by atoms with Gasteiger partial charge in [0.1, 0.15) is 0 Å². The van der Waals surface area contributed by atoms with Crippen molar-refractivity contribution in [3.05, 3.63) is 0 Å². The molecule has 0 saturated carbocycles. The third-order valence-corrected chi connectivity index (χ3v) is 3.95. The Balaban J connectivity index is 2.24. The van der Waals surface area contributed by atoms with Crippen molar-refractivity contribution in [2.45, 2.75) is 38.3 Å². The van der Waals surface area contributed by atoms with Gasteiger partial charge in [0, 0.05) is 34.4 Å². The van der Waals surface area contributed by atoms with Crippen LogP contribution in [0, 0.1) is 0 Å². The fraction of sp³-hybridized carbons (Fsp3) is 1.00. The summed E-state index contributed by atoms with van der Waals surface area (Å²) in [6, 6.07) is 0.686. The van der Waals surface area contributed by atoms with Crippen LogP contribution >= 0.6 is 0 Å². The average molecular weight is 205 g/mol. The van der Waals surface area contributed by atoms with Gasteiger partial charge < -0.3 is 10.4 Å². The first-order valence-corrected chi connectivity index (χ1v) is 6.47. The Kier molecular flexibility index (Phi) is 4.91. The Morgan fingerprint density at radius 1 is 1.54 bits per heavy atom. The number of hydrogen-bond acceptors (Lipinski definition) is 3. The van der Waals surface area contributed by atoms with Crippen LogP contribution in [-0.4, -0.2) is 39.5 Å². The summed E-state index contributed by atoms with van der Waals surface area (Å²) in [6.45, 7) is 2.27. The van der Waals surface area contributed by atoms with Crippen LogP contribution in [0.25, 0.3) is 0 Å². The normalized spacial score (nSPS) is 31.5. The summed E-state index contributed by atoms with van der Waals surface area (Å²) < 4.78 is 11.1. The molecule has 1 heterocycles. The molecule has 1 aliphatic heterocycles. The van der Waals surface area contributed by atoms with E-state index in [4.69, 9.17) is 5.11 Å². The fourth-order valence-corrected chi connectivity index (χ4v) is 2.89. The minimum absolute atomic E-state index is 0.204. The second-order valence-corrected chi connectivity index (χ2v) is 5.27. The van der Waals surface area contributed by atoms with E-state index in [1.165, 1.54) is 0 Å². The van der Waals surface area contributed by atoms with Gasteiger partial charge in [-0.2, -0.15) is 0 Å². The van der Waals surface area contributed by atoms with E-state index in [9.17, 15) is 4.21 Å². The van der Waals surface area contributed by atoms with Crippen LogP contribution in [-0.2, 0) is 10.8 Å². The van der Waals surface area contributed by atoms with Crippen molar-refractivity contribution in [3.63, 3.8) is 0 Å². The number of aliphatic hydroxyl groups excluding tert-OH is 1. The van der Waals surface area contributed by atoms with Crippen LogP contribution in [0.4, 0.5) is 0 Å². The van der Waals surface area contributed by atoms with Gasteiger partial charge in [-0.1, -0.05) is 6.92 Å². The standard InChI is InChI=1S/C9H19NO2S/c1-2-8(7-11)10-9-3-5-13(12)6-4-9/h8-11H,2-7H2,1H3. The fourth-order valence-electron chi connectivity index (χ4n) is 1.59. The number of aliphatic hydroxyl groups is 1. The Labute approximate surface area is 82.4 Å². The lowest BCUT2D eigenvalue weighted by Gasteiger charge is -2.26. The molecular formula is C9H19NO2S. The van der Waals surface area contributed by atoms with E-state index in [1.54, 1.807) is 0 Å². The first-order chi connectivity index (χ1) is 6.26. The number of nitrogens with one attached hydrogen (secondary N) is 1. The molecule has 13 heavy (non-hydrogen) atoms. The first kappa shape index (κ1) is 11.1. The maximum absolute atomic E-state index is 11.1. The molecule has 0 radical (unpaired) electrons. The van der Waals surface area contributed by atoms with Gasteiger partial charge in [0.05, 0.1) is 6.61 Å². The molecule has 0 aromatic rings. The van der Waals surface area contributed by atoms with Crippen LogP contribution < -0.4 is 5.32 Å². The molecule has 0 bridgehead atoms. The summed E-state index contributed by atoms with van der Waals surface area (Å²) in [6.07, 6.45) is 2.93. The van der Waals surface area contributed by atoms with E-state index in [-0.39, 0.29) is 12.6 Å². The van der Waals surface area contributed by atoms with Crippen LogP contribution in [0.15, 0.2) is 0 Å². The highest BCUT2D eigenvalue weighted by Crippen LogP contribution is 2.10. The molecule has 0 aromatic carbocycles. The lowest BCUT2D eigenvalue weighted by molar-refractivity contribution is 0.224. The van der Waals surface area contributed by atoms with Crippen LogP contribution in [0.5, 0.6) is 0 Å². The quantitative estimate of drug-likeness (QED) is 0.692. The molecule has 0 aliphatic carbocycles. The van der Waals surface area contributed by atoms with Gasteiger partial charge in [-0.15, -0.1) is 0 Å². The molecule has 0 amide bonds. The van der Waals surface area contributed by atoms with Crippen molar-refractivity contribution >= 4 is 10.8 Å². The minimum Gasteiger partial charge on any atom is -0.395 e. The molecule has 1 unspecified atom stereocenters. The Bertz CT molecular complexity index is 161. The zero-order chi connectivity index (χ0) is 9.68. The van der Waals surface area contributed by atoms with Crippen molar-refractivity contribution < 1.29 is 9.32 Å². The zero-order valence-corrected chi connectivity index (χ0v) is 8.98. The van der Waals surface area contributed by atoms with E-state index in [1.807, 2.05) is 0 Å². The van der Waals surface area contributed by atoms with E-state index in [2.05, 4.69) is 12.2 Å². The Morgan fingerprint density at radius 2 is 2.15 bits per heavy atom. The van der Waals surface area contributed by atoms with Crippen molar-refractivity contribution in [2.24, 2.45) is 0 Å². The van der Waals surface area contributed by atoms with E-state index < -0.39 is 10.8 Å². The molecule has 1 fully saturated rings. The van der Waals surface area contributed by atoms with Gasteiger partial charge >= 0.3 is 0 Å². The summed E-state index contributed by atoms with van der Waals surface area (Å²) >= 11 is 0. The maximum Gasteiger partial charge on any atom is 0.0584 e. The summed E-state index contributed by atoms with van der Waals surface area (Å²) in [4.78, 5) is 0. The predicted octanol–water partition coefficient (Wildman–Crippen LogP) is 0.258. The molecule has 1 saturated heterocycles. The predicted molar refractivity (Wildman–Crippen MR) is 55.2 cm³/mol. The maximum atomic E-state index is 11.1. The second-order valence-electron chi connectivity index (χ2n) is 3.58. The Morgan fingerprint density at radius 3 is 2.62 bits per heavy atom. The molecule has 3 nitrogen and oxygen atoms in total. The van der Waals surface area contributed by atoms with Crippen LogP contribution in [0.3, 0.4) is 0 Å². The number of rotatable bonds is 4. The minimum atomic E-state index is -0.582. The van der Waals surface area contributed by atoms with Crippen molar-refractivity contribution in [2.75, 3.05) is 18.1 Å². The molecule has 2 N–H and O–H groups in total. The lowest BCUT2D eigenvalue weighted by atomic mass is 10.1. The highest BCUT2D eigenvalue weighted by molar-refractivity contribution is 7.85. The highest BCUT2D eigenvalue weighted by Gasteiger charge is 2.19. The van der Waals surface area contributed by atoms with E-state index in [0.717, 1.165) is 30.8 Å². The second kappa shape index (κ2) is 5.73. The molecule has 1 atom stereocenters. The zero-order valence-electron chi connectivity index (χ0n) is 8.16. The van der Waals surface area contributed by atoms with Crippen LogP contribution in [0.1, 0.15) is 26.2 Å². The molecule has 1 rings (SSSR count). The SMILES string of the molecule is CCC(CO)NC1CCS(=O)CC1. The first-order valence-electron chi connectivity index (χ1n) is 4.98. The monoisotopic (exact) mass is 205 g/mol. The highest BCUT2D eigenvalue weighted by atomic mass is 32.2. The van der Waals surface area contributed by atoms with Gasteiger partial charge in [0.25, 0.3) is 0 Å². The largest absolute Gasteiger partial charge is 0.395 e. The Hall–Kier alpha value is 0.0700. The van der Waals surface area contributed by atoms with Crippen molar-refractivity contribution in [1.29, 1.82) is 0 Å². The topological polar surface area (TPSA) is 49.3 Å².